The van der Waals surface area contributed by atoms with Crippen LogP contribution in [0, 0.1) is 13.8 Å². The maximum Gasteiger partial charge on any atom is 0.219 e. The zero-order valence-corrected chi connectivity index (χ0v) is 10.1. The van der Waals surface area contributed by atoms with Gasteiger partial charge in [0.15, 0.2) is 0 Å². The van der Waals surface area contributed by atoms with Gasteiger partial charge < -0.3 is 10.5 Å². The van der Waals surface area contributed by atoms with Crippen molar-refractivity contribution in [3.05, 3.63) is 53.2 Å². The van der Waals surface area contributed by atoms with Gasteiger partial charge in [0.1, 0.15) is 5.75 Å². The zero-order chi connectivity index (χ0) is 12.3. The minimum absolute atomic E-state index is 0.504. The van der Waals surface area contributed by atoms with Crippen LogP contribution in [0.4, 0.5) is 0 Å². The summed E-state index contributed by atoms with van der Waals surface area (Å²) in [7, 11) is 0. The minimum Gasteiger partial charge on any atom is -0.439 e. The molecule has 3 nitrogen and oxygen atoms in total. The number of ether oxygens (including phenoxy) is 1. The van der Waals surface area contributed by atoms with Crippen LogP contribution < -0.4 is 10.5 Å². The number of benzene rings is 1. The molecule has 0 aliphatic carbocycles. The first-order valence-electron chi connectivity index (χ1n) is 5.60. The standard InChI is InChI=1S/C14H16N2O/c1-10-3-6-13(7-4-10)17-14-8-5-12(9-15)11(2)16-14/h3-8H,9,15H2,1-2H3. The predicted octanol–water partition coefficient (Wildman–Crippen LogP) is 2.95. The van der Waals surface area contributed by atoms with E-state index in [1.54, 1.807) is 0 Å². The molecule has 0 atom stereocenters. The molecule has 2 rings (SSSR count). The molecule has 0 fully saturated rings. The van der Waals surface area contributed by atoms with Gasteiger partial charge in [-0.05, 0) is 31.5 Å². The van der Waals surface area contributed by atoms with E-state index in [0.29, 0.717) is 12.4 Å². The Morgan fingerprint density at radius 1 is 1.06 bits per heavy atom. The van der Waals surface area contributed by atoms with Crippen molar-refractivity contribution in [2.75, 3.05) is 0 Å². The van der Waals surface area contributed by atoms with Crippen LogP contribution in [0.15, 0.2) is 36.4 Å². The summed E-state index contributed by atoms with van der Waals surface area (Å²) >= 11 is 0. The van der Waals surface area contributed by atoms with Gasteiger partial charge in [0.2, 0.25) is 5.88 Å². The smallest absolute Gasteiger partial charge is 0.219 e. The molecule has 0 aliphatic heterocycles. The van der Waals surface area contributed by atoms with Crippen molar-refractivity contribution in [3.63, 3.8) is 0 Å². The first-order valence-corrected chi connectivity index (χ1v) is 5.60. The van der Waals surface area contributed by atoms with Crippen LogP contribution in [0.5, 0.6) is 11.6 Å². The third kappa shape index (κ3) is 2.82. The molecule has 0 bridgehead atoms. The lowest BCUT2D eigenvalue weighted by molar-refractivity contribution is 0.461. The fourth-order valence-corrected chi connectivity index (χ4v) is 1.57. The van der Waals surface area contributed by atoms with E-state index in [4.69, 9.17) is 10.5 Å². The molecular formula is C14H16N2O. The van der Waals surface area contributed by atoms with Gasteiger partial charge in [0.05, 0.1) is 0 Å². The zero-order valence-electron chi connectivity index (χ0n) is 10.1. The summed E-state index contributed by atoms with van der Waals surface area (Å²) in [5, 5.41) is 0. The number of aryl methyl sites for hydroxylation is 2. The van der Waals surface area contributed by atoms with Crippen molar-refractivity contribution in [3.8, 4) is 11.6 Å². The molecule has 88 valence electrons. The summed E-state index contributed by atoms with van der Waals surface area (Å²) in [5.41, 5.74) is 8.75. The molecule has 0 radical (unpaired) electrons. The van der Waals surface area contributed by atoms with Crippen LogP contribution in [0.25, 0.3) is 0 Å². The summed E-state index contributed by atoms with van der Waals surface area (Å²) in [4.78, 5) is 4.36. The SMILES string of the molecule is Cc1ccc(Oc2ccc(CN)c(C)n2)cc1. The molecule has 0 saturated heterocycles. The lowest BCUT2D eigenvalue weighted by atomic mass is 10.2. The molecule has 0 unspecified atom stereocenters. The molecule has 0 saturated carbocycles. The average Bonchev–Trinajstić information content (AvgIpc) is 2.32. The molecule has 0 amide bonds. The summed E-state index contributed by atoms with van der Waals surface area (Å²) in [6, 6.07) is 11.7. The summed E-state index contributed by atoms with van der Waals surface area (Å²) in [6.07, 6.45) is 0. The van der Waals surface area contributed by atoms with Gasteiger partial charge in [-0.25, -0.2) is 4.98 Å². The Morgan fingerprint density at radius 3 is 2.35 bits per heavy atom. The number of nitrogens with zero attached hydrogens (tertiary/aromatic N) is 1. The molecule has 2 N–H and O–H groups in total. The van der Waals surface area contributed by atoms with Gasteiger partial charge in [-0.15, -0.1) is 0 Å². The fourth-order valence-electron chi connectivity index (χ4n) is 1.57. The Balaban J connectivity index is 2.19. The number of nitrogens with two attached hydrogens (primary N) is 1. The van der Waals surface area contributed by atoms with E-state index in [1.165, 1.54) is 5.56 Å². The van der Waals surface area contributed by atoms with Crippen LogP contribution in [0.2, 0.25) is 0 Å². The van der Waals surface area contributed by atoms with Gasteiger partial charge >= 0.3 is 0 Å². The molecule has 3 heteroatoms. The van der Waals surface area contributed by atoms with Gasteiger partial charge in [0, 0.05) is 18.3 Å². The monoisotopic (exact) mass is 228 g/mol. The number of rotatable bonds is 3. The molecule has 17 heavy (non-hydrogen) atoms. The van der Waals surface area contributed by atoms with E-state index in [0.717, 1.165) is 17.0 Å². The number of pyridine rings is 1. The van der Waals surface area contributed by atoms with Crippen LogP contribution in [0.3, 0.4) is 0 Å². The van der Waals surface area contributed by atoms with Gasteiger partial charge in [-0.2, -0.15) is 0 Å². The fraction of sp³-hybridized carbons (Fsp3) is 0.214. The summed E-state index contributed by atoms with van der Waals surface area (Å²) in [6.45, 7) is 4.48. The van der Waals surface area contributed by atoms with E-state index in [2.05, 4.69) is 4.98 Å². The lowest BCUT2D eigenvalue weighted by Crippen LogP contribution is -2.01. The Labute approximate surface area is 101 Å². The van der Waals surface area contributed by atoms with Crippen LogP contribution in [0.1, 0.15) is 16.8 Å². The molecule has 2 aromatic rings. The Morgan fingerprint density at radius 2 is 1.76 bits per heavy atom. The molecule has 1 aromatic heterocycles. The number of hydrogen-bond acceptors (Lipinski definition) is 3. The van der Waals surface area contributed by atoms with Crippen molar-refractivity contribution in [2.24, 2.45) is 5.73 Å². The van der Waals surface area contributed by atoms with E-state index in [-0.39, 0.29) is 0 Å². The first-order chi connectivity index (χ1) is 8.19. The maximum absolute atomic E-state index is 5.66. The molecule has 0 aliphatic rings. The van der Waals surface area contributed by atoms with Gasteiger partial charge in [-0.3, -0.25) is 0 Å². The van der Waals surface area contributed by atoms with E-state index in [9.17, 15) is 0 Å². The highest BCUT2D eigenvalue weighted by Crippen LogP contribution is 2.20. The minimum atomic E-state index is 0.504. The van der Waals surface area contributed by atoms with Crippen molar-refractivity contribution >= 4 is 0 Å². The highest BCUT2D eigenvalue weighted by Gasteiger charge is 2.02. The summed E-state index contributed by atoms with van der Waals surface area (Å²) in [5.74, 6) is 1.39. The van der Waals surface area contributed by atoms with E-state index < -0.39 is 0 Å². The Bertz CT molecular complexity index is 506. The van der Waals surface area contributed by atoms with Crippen LogP contribution in [-0.4, -0.2) is 4.98 Å². The highest BCUT2D eigenvalue weighted by molar-refractivity contribution is 5.31. The Hall–Kier alpha value is -1.87. The first kappa shape index (κ1) is 11.6. The molecule has 1 aromatic carbocycles. The average molecular weight is 228 g/mol. The van der Waals surface area contributed by atoms with Crippen molar-refractivity contribution in [1.82, 2.24) is 4.98 Å². The third-order valence-corrected chi connectivity index (χ3v) is 2.63. The molecular weight excluding hydrogens is 212 g/mol. The quantitative estimate of drug-likeness (QED) is 0.878. The van der Waals surface area contributed by atoms with Crippen molar-refractivity contribution in [2.45, 2.75) is 20.4 Å². The van der Waals surface area contributed by atoms with Gasteiger partial charge in [0.25, 0.3) is 0 Å². The number of hydrogen-bond donors (Lipinski definition) is 1. The lowest BCUT2D eigenvalue weighted by Gasteiger charge is -2.07. The van der Waals surface area contributed by atoms with E-state index in [1.807, 2.05) is 50.2 Å². The highest BCUT2D eigenvalue weighted by atomic mass is 16.5. The van der Waals surface area contributed by atoms with Crippen LogP contribution in [-0.2, 0) is 6.54 Å². The van der Waals surface area contributed by atoms with Crippen molar-refractivity contribution < 1.29 is 4.74 Å². The van der Waals surface area contributed by atoms with Crippen LogP contribution >= 0.6 is 0 Å². The molecule has 0 spiro atoms. The second kappa shape index (κ2) is 4.97. The third-order valence-electron chi connectivity index (χ3n) is 2.63. The summed E-state index contributed by atoms with van der Waals surface area (Å²) < 4.78 is 5.66. The topological polar surface area (TPSA) is 48.1 Å². The maximum atomic E-state index is 5.66. The van der Waals surface area contributed by atoms with E-state index >= 15 is 0 Å². The van der Waals surface area contributed by atoms with Crippen molar-refractivity contribution in [1.29, 1.82) is 0 Å². The second-order valence-electron chi connectivity index (χ2n) is 4.01. The molecule has 1 heterocycles. The normalized spacial score (nSPS) is 10.3. The van der Waals surface area contributed by atoms with Gasteiger partial charge in [-0.1, -0.05) is 23.8 Å². The number of aromatic nitrogens is 1. The second-order valence-corrected chi connectivity index (χ2v) is 4.01. The largest absolute Gasteiger partial charge is 0.439 e. The predicted molar refractivity (Wildman–Crippen MR) is 68.1 cm³/mol. The Kier molecular flexibility index (Phi) is 3.40.